The minimum atomic E-state index is 0.163. The summed E-state index contributed by atoms with van der Waals surface area (Å²) >= 11 is 9.62. The second-order valence-electron chi connectivity index (χ2n) is 3.78. The van der Waals surface area contributed by atoms with Crippen molar-refractivity contribution in [2.24, 2.45) is 0 Å². The standard InChI is InChI=1S/C13H12BrClN2O/c1-18-13-7-11(16-8-17-13)6-12(14)9-3-2-4-10(15)5-9/h2-5,7-8,12H,6H2,1H3. The number of methoxy groups -OCH3 is 1. The molecule has 0 aliphatic carbocycles. The summed E-state index contributed by atoms with van der Waals surface area (Å²) in [6.07, 6.45) is 2.26. The average molecular weight is 328 g/mol. The Balaban J connectivity index is 2.13. The molecule has 2 rings (SSSR count). The van der Waals surface area contributed by atoms with Gasteiger partial charge in [-0.3, -0.25) is 0 Å². The number of alkyl halides is 1. The van der Waals surface area contributed by atoms with Crippen molar-refractivity contribution in [3.8, 4) is 5.88 Å². The summed E-state index contributed by atoms with van der Waals surface area (Å²) in [6, 6.07) is 9.60. The molecule has 0 radical (unpaired) electrons. The summed E-state index contributed by atoms with van der Waals surface area (Å²) in [5.41, 5.74) is 2.05. The molecule has 0 aliphatic rings. The van der Waals surface area contributed by atoms with E-state index in [1.807, 2.05) is 30.3 Å². The summed E-state index contributed by atoms with van der Waals surface area (Å²) in [4.78, 5) is 8.37. The van der Waals surface area contributed by atoms with Gasteiger partial charge in [-0.15, -0.1) is 0 Å². The van der Waals surface area contributed by atoms with Crippen LogP contribution in [0.1, 0.15) is 16.1 Å². The molecule has 5 heteroatoms. The minimum absolute atomic E-state index is 0.163. The first kappa shape index (κ1) is 13.3. The lowest BCUT2D eigenvalue weighted by Gasteiger charge is -2.10. The summed E-state index contributed by atoms with van der Waals surface area (Å²) in [5, 5.41) is 0.734. The third kappa shape index (κ3) is 3.43. The van der Waals surface area contributed by atoms with Gasteiger partial charge in [0.25, 0.3) is 0 Å². The van der Waals surface area contributed by atoms with Gasteiger partial charge >= 0.3 is 0 Å². The van der Waals surface area contributed by atoms with Crippen molar-refractivity contribution in [2.45, 2.75) is 11.2 Å². The van der Waals surface area contributed by atoms with E-state index in [-0.39, 0.29) is 4.83 Å². The van der Waals surface area contributed by atoms with Gasteiger partial charge in [0.2, 0.25) is 5.88 Å². The molecular formula is C13H12BrClN2O. The van der Waals surface area contributed by atoms with Crippen LogP contribution in [-0.4, -0.2) is 17.1 Å². The number of ether oxygens (including phenoxy) is 1. The van der Waals surface area contributed by atoms with Crippen LogP contribution < -0.4 is 4.74 Å². The van der Waals surface area contributed by atoms with E-state index in [1.165, 1.54) is 6.33 Å². The molecule has 0 saturated carbocycles. The molecule has 2 aromatic rings. The molecule has 0 spiro atoms. The molecule has 1 heterocycles. The Morgan fingerprint density at radius 3 is 2.89 bits per heavy atom. The first-order valence-corrected chi connectivity index (χ1v) is 6.73. The van der Waals surface area contributed by atoms with Gasteiger partial charge in [0.15, 0.2) is 0 Å². The maximum Gasteiger partial charge on any atom is 0.216 e. The average Bonchev–Trinajstić information content (AvgIpc) is 2.39. The Bertz CT molecular complexity index is 536. The molecule has 0 fully saturated rings. The van der Waals surface area contributed by atoms with Gasteiger partial charge in [-0.2, -0.15) is 0 Å². The van der Waals surface area contributed by atoms with E-state index in [4.69, 9.17) is 16.3 Å². The Hall–Kier alpha value is -1.13. The van der Waals surface area contributed by atoms with Gasteiger partial charge in [-0.05, 0) is 17.7 Å². The highest BCUT2D eigenvalue weighted by Crippen LogP contribution is 2.28. The number of benzene rings is 1. The van der Waals surface area contributed by atoms with Crippen molar-refractivity contribution in [3.05, 3.63) is 52.9 Å². The Kier molecular flexibility index (Phi) is 4.55. The van der Waals surface area contributed by atoms with Crippen LogP contribution in [0.3, 0.4) is 0 Å². The highest BCUT2D eigenvalue weighted by Gasteiger charge is 2.10. The zero-order chi connectivity index (χ0) is 13.0. The lowest BCUT2D eigenvalue weighted by molar-refractivity contribution is 0.396. The fraction of sp³-hybridized carbons (Fsp3) is 0.231. The lowest BCUT2D eigenvalue weighted by atomic mass is 10.1. The van der Waals surface area contributed by atoms with Crippen LogP contribution in [0.15, 0.2) is 36.7 Å². The number of aromatic nitrogens is 2. The Labute approximate surface area is 119 Å². The smallest absolute Gasteiger partial charge is 0.216 e. The van der Waals surface area contributed by atoms with E-state index in [2.05, 4.69) is 25.9 Å². The van der Waals surface area contributed by atoms with Crippen LogP contribution in [0.25, 0.3) is 0 Å². The molecule has 1 aromatic carbocycles. The van der Waals surface area contributed by atoms with Crippen molar-refractivity contribution in [1.29, 1.82) is 0 Å². The third-order valence-electron chi connectivity index (χ3n) is 2.51. The SMILES string of the molecule is COc1cc(CC(Br)c2cccc(Cl)c2)ncn1. The van der Waals surface area contributed by atoms with Crippen LogP contribution in [0.4, 0.5) is 0 Å². The molecule has 1 unspecified atom stereocenters. The number of nitrogens with zero attached hydrogens (tertiary/aromatic N) is 2. The largest absolute Gasteiger partial charge is 0.481 e. The second-order valence-corrected chi connectivity index (χ2v) is 5.32. The molecular weight excluding hydrogens is 316 g/mol. The zero-order valence-electron chi connectivity index (χ0n) is 9.81. The zero-order valence-corrected chi connectivity index (χ0v) is 12.1. The van der Waals surface area contributed by atoms with Crippen LogP contribution in [0, 0.1) is 0 Å². The molecule has 18 heavy (non-hydrogen) atoms. The maximum atomic E-state index is 5.97. The van der Waals surface area contributed by atoms with Crippen LogP contribution in [0.5, 0.6) is 5.88 Å². The highest BCUT2D eigenvalue weighted by molar-refractivity contribution is 9.09. The molecule has 0 aliphatic heterocycles. The van der Waals surface area contributed by atoms with Crippen molar-refractivity contribution in [1.82, 2.24) is 9.97 Å². The number of halogens is 2. The summed E-state index contributed by atoms with van der Waals surface area (Å²) < 4.78 is 5.07. The molecule has 0 saturated heterocycles. The number of hydrogen-bond acceptors (Lipinski definition) is 3. The van der Waals surface area contributed by atoms with Gasteiger partial charge in [0, 0.05) is 28.0 Å². The van der Waals surface area contributed by atoms with E-state index >= 15 is 0 Å². The van der Waals surface area contributed by atoms with Gasteiger partial charge in [-0.25, -0.2) is 9.97 Å². The monoisotopic (exact) mass is 326 g/mol. The van der Waals surface area contributed by atoms with E-state index in [9.17, 15) is 0 Å². The van der Waals surface area contributed by atoms with Crippen molar-refractivity contribution in [3.63, 3.8) is 0 Å². The summed E-state index contributed by atoms with van der Waals surface area (Å²) in [6.45, 7) is 0. The minimum Gasteiger partial charge on any atom is -0.481 e. The van der Waals surface area contributed by atoms with Crippen LogP contribution in [0.2, 0.25) is 5.02 Å². The molecule has 0 N–H and O–H groups in total. The third-order valence-corrected chi connectivity index (χ3v) is 3.59. The van der Waals surface area contributed by atoms with E-state index in [0.717, 1.165) is 22.7 Å². The topological polar surface area (TPSA) is 35.0 Å². The van der Waals surface area contributed by atoms with Crippen molar-refractivity contribution < 1.29 is 4.74 Å². The van der Waals surface area contributed by atoms with Gasteiger partial charge < -0.3 is 4.74 Å². The van der Waals surface area contributed by atoms with Crippen LogP contribution in [-0.2, 0) is 6.42 Å². The number of rotatable bonds is 4. The predicted molar refractivity (Wildman–Crippen MR) is 75.4 cm³/mol. The van der Waals surface area contributed by atoms with E-state index in [1.54, 1.807) is 7.11 Å². The quantitative estimate of drug-likeness (QED) is 0.801. The van der Waals surface area contributed by atoms with Gasteiger partial charge in [-0.1, -0.05) is 39.7 Å². The van der Waals surface area contributed by atoms with Crippen molar-refractivity contribution in [2.75, 3.05) is 7.11 Å². The van der Waals surface area contributed by atoms with E-state index < -0.39 is 0 Å². The predicted octanol–water partition coefficient (Wildman–Crippen LogP) is 3.82. The molecule has 0 bridgehead atoms. The summed E-state index contributed by atoms with van der Waals surface area (Å²) in [5.74, 6) is 0.575. The maximum absolute atomic E-state index is 5.97. The van der Waals surface area contributed by atoms with Gasteiger partial charge in [0.1, 0.15) is 6.33 Å². The second kappa shape index (κ2) is 6.16. The first-order valence-electron chi connectivity index (χ1n) is 5.43. The normalized spacial score (nSPS) is 12.2. The van der Waals surface area contributed by atoms with Gasteiger partial charge in [0.05, 0.1) is 7.11 Å². The Morgan fingerprint density at radius 2 is 2.17 bits per heavy atom. The lowest BCUT2D eigenvalue weighted by Crippen LogP contribution is -1.99. The molecule has 0 amide bonds. The van der Waals surface area contributed by atoms with E-state index in [0.29, 0.717) is 5.88 Å². The Morgan fingerprint density at radius 1 is 1.33 bits per heavy atom. The first-order chi connectivity index (χ1) is 8.69. The summed E-state index contributed by atoms with van der Waals surface area (Å²) in [7, 11) is 1.59. The highest BCUT2D eigenvalue weighted by atomic mass is 79.9. The molecule has 3 nitrogen and oxygen atoms in total. The van der Waals surface area contributed by atoms with Crippen LogP contribution >= 0.6 is 27.5 Å². The molecule has 1 aromatic heterocycles. The van der Waals surface area contributed by atoms with Crippen molar-refractivity contribution >= 4 is 27.5 Å². The molecule has 1 atom stereocenters. The fourth-order valence-corrected chi connectivity index (χ4v) is 2.42. The number of hydrogen-bond donors (Lipinski definition) is 0. The molecule has 94 valence electrons. The fourth-order valence-electron chi connectivity index (χ4n) is 1.60.